The molecule has 0 aromatic carbocycles. The average Bonchev–Trinajstić information content (AvgIpc) is 3.03. The lowest BCUT2D eigenvalue weighted by Crippen LogP contribution is -2.46. The highest BCUT2D eigenvalue weighted by atomic mass is 32.1. The van der Waals surface area contributed by atoms with Crippen LogP contribution in [0.25, 0.3) is 0 Å². The second-order valence-electron chi connectivity index (χ2n) is 7.25. The molecule has 10 heteroatoms. The molecule has 2 rings (SSSR count). The van der Waals surface area contributed by atoms with Crippen LogP contribution >= 0.6 is 11.3 Å². The summed E-state index contributed by atoms with van der Waals surface area (Å²) < 4.78 is 5.10. The largest absolute Gasteiger partial charge is 0.462 e. The van der Waals surface area contributed by atoms with Crippen LogP contribution in [0.15, 0.2) is 0 Å². The van der Waals surface area contributed by atoms with Gasteiger partial charge in [0.1, 0.15) is 5.00 Å². The molecule has 2 N–H and O–H groups in total. The lowest BCUT2D eigenvalue weighted by Gasteiger charge is -2.36. The van der Waals surface area contributed by atoms with Gasteiger partial charge in [-0.3, -0.25) is 19.3 Å². The maximum Gasteiger partial charge on any atom is 0.341 e. The highest BCUT2D eigenvalue weighted by Crippen LogP contribution is 2.33. The minimum Gasteiger partial charge on any atom is -0.462 e. The fourth-order valence-corrected chi connectivity index (χ4v) is 4.63. The first-order chi connectivity index (χ1) is 14.2. The summed E-state index contributed by atoms with van der Waals surface area (Å²) in [6, 6.07) is 0.187. The van der Waals surface area contributed by atoms with Gasteiger partial charge in [-0.1, -0.05) is 0 Å². The van der Waals surface area contributed by atoms with Crippen LogP contribution in [0.3, 0.4) is 0 Å². The maximum atomic E-state index is 12.6. The van der Waals surface area contributed by atoms with Gasteiger partial charge in [-0.25, -0.2) is 4.79 Å². The fraction of sp³-hybridized carbons (Fsp3) is 0.600. The van der Waals surface area contributed by atoms with Crippen molar-refractivity contribution >= 4 is 40.0 Å². The molecule has 0 unspecified atom stereocenters. The minimum atomic E-state index is -0.565. The second-order valence-corrected chi connectivity index (χ2v) is 8.27. The lowest BCUT2D eigenvalue weighted by molar-refractivity contribution is -0.130. The van der Waals surface area contributed by atoms with E-state index in [1.807, 2.05) is 4.90 Å². The van der Waals surface area contributed by atoms with Gasteiger partial charge in [0.2, 0.25) is 11.8 Å². The van der Waals surface area contributed by atoms with Gasteiger partial charge in [0.15, 0.2) is 0 Å². The number of carbonyl (C=O) groups is 4. The number of anilines is 1. The van der Waals surface area contributed by atoms with Crippen molar-refractivity contribution in [2.75, 3.05) is 45.7 Å². The van der Waals surface area contributed by atoms with E-state index < -0.39 is 5.97 Å². The van der Waals surface area contributed by atoms with Crippen LogP contribution in [-0.4, -0.2) is 79.9 Å². The first-order valence-corrected chi connectivity index (χ1v) is 10.8. The van der Waals surface area contributed by atoms with Crippen molar-refractivity contribution in [2.45, 2.75) is 39.7 Å². The quantitative estimate of drug-likeness (QED) is 0.624. The Morgan fingerprint density at radius 2 is 1.87 bits per heavy atom. The van der Waals surface area contributed by atoms with Crippen LogP contribution in [0.4, 0.5) is 5.00 Å². The number of carbonyl (C=O) groups excluding carboxylic acids is 4. The van der Waals surface area contributed by atoms with E-state index in [0.717, 1.165) is 24.2 Å². The molecule has 0 spiro atoms. The molecule has 0 saturated carbocycles. The maximum absolute atomic E-state index is 12.6. The highest BCUT2D eigenvalue weighted by molar-refractivity contribution is 7.18. The summed E-state index contributed by atoms with van der Waals surface area (Å²) in [5, 5.41) is 5.65. The van der Waals surface area contributed by atoms with E-state index in [9.17, 15) is 19.2 Å². The SMILES string of the molecule is CCOC(=O)c1c(NC(=O)CN2CCC(N(C)C(C)=O)CC2)sc(C(=O)NC)c1C. The normalized spacial score (nSPS) is 14.8. The van der Waals surface area contributed by atoms with Crippen LogP contribution in [-0.2, 0) is 14.3 Å². The van der Waals surface area contributed by atoms with Gasteiger partial charge >= 0.3 is 5.97 Å². The molecular weight excluding hydrogens is 408 g/mol. The van der Waals surface area contributed by atoms with E-state index in [2.05, 4.69) is 10.6 Å². The minimum absolute atomic E-state index is 0.0395. The zero-order valence-corrected chi connectivity index (χ0v) is 19.0. The van der Waals surface area contributed by atoms with Gasteiger partial charge in [0.05, 0.1) is 23.6 Å². The number of nitrogens with one attached hydrogen (secondary N) is 2. The van der Waals surface area contributed by atoms with E-state index >= 15 is 0 Å². The summed E-state index contributed by atoms with van der Waals surface area (Å²) in [5.74, 6) is -1.11. The standard InChI is InChI=1S/C20H30N4O5S/c1-6-29-20(28)16-12(2)17(18(27)21-4)30-19(16)22-15(26)11-24-9-7-14(8-10-24)23(5)13(3)25/h14H,6-11H2,1-5H3,(H,21,27)(H,22,26). The van der Waals surface area contributed by atoms with E-state index in [-0.39, 0.29) is 42.5 Å². The Hall–Kier alpha value is -2.46. The molecule has 1 aromatic rings. The third-order valence-electron chi connectivity index (χ3n) is 5.28. The Balaban J connectivity index is 2.07. The van der Waals surface area contributed by atoms with Crippen LogP contribution < -0.4 is 10.6 Å². The Morgan fingerprint density at radius 3 is 2.40 bits per heavy atom. The summed E-state index contributed by atoms with van der Waals surface area (Å²) in [5.41, 5.74) is 0.705. The first kappa shape index (κ1) is 23.8. The third-order valence-corrected chi connectivity index (χ3v) is 6.49. The van der Waals surface area contributed by atoms with Crippen molar-refractivity contribution in [1.29, 1.82) is 0 Å². The van der Waals surface area contributed by atoms with Gasteiger partial charge < -0.3 is 20.3 Å². The van der Waals surface area contributed by atoms with Crippen molar-refractivity contribution in [2.24, 2.45) is 0 Å². The molecular formula is C20H30N4O5S. The summed E-state index contributed by atoms with van der Waals surface area (Å²) >= 11 is 1.06. The molecule has 166 valence electrons. The van der Waals surface area contributed by atoms with Gasteiger partial charge in [-0.15, -0.1) is 11.3 Å². The van der Waals surface area contributed by atoms with Gasteiger partial charge in [-0.05, 0) is 32.3 Å². The Bertz CT molecular complexity index is 814. The Morgan fingerprint density at radius 1 is 1.23 bits per heavy atom. The molecule has 1 aliphatic heterocycles. The van der Waals surface area contributed by atoms with E-state index in [1.165, 1.54) is 7.05 Å². The predicted molar refractivity (Wildman–Crippen MR) is 115 cm³/mol. The van der Waals surface area contributed by atoms with Crippen molar-refractivity contribution in [3.63, 3.8) is 0 Å². The highest BCUT2D eigenvalue weighted by Gasteiger charge is 2.28. The molecule has 0 aliphatic carbocycles. The number of amides is 3. The number of ether oxygens (including phenoxy) is 1. The second kappa shape index (κ2) is 10.5. The van der Waals surface area contributed by atoms with Crippen molar-refractivity contribution in [1.82, 2.24) is 15.1 Å². The van der Waals surface area contributed by atoms with Crippen LogP contribution in [0.2, 0.25) is 0 Å². The summed E-state index contributed by atoms with van der Waals surface area (Å²) in [6.07, 6.45) is 1.60. The van der Waals surface area contributed by atoms with Crippen LogP contribution in [0.5, 0.6) is 0 Å². The number of likely N-dealkylation sites (tertiary alicyclic amines) is 1. The van der Waals surface area contributed by atoms with E-state index in [1.54, 1.807) is 32.7 Å². The van der Waals surface area contributed by atoms with Gasteiger partial charge in [0, 0.05) is 40.2 Å². The first-order valence-electron chi connectivity index (χ1n) is 9.97. The number of hydrogen-bond acceptors (Lipinski definition) is 7. The van der Waals surface area contributed by atoms with Crippen molar-refractivity contribution in [3.8, 4) is 0 Å². The molecule has 0 radical (unpaired) electrons. The zero-order valence-electron chi connectivity index (χ0n) is 18.2. The molecule has 0 bridgehead atoms. The molecule has 1 saturated heterocycles. The van der Waals surface area contributed by atoms with Crippen molar-refractivity contribution in [3.05, 3.63) is 16.0 Å². The number of piperidine rings is 1. The molecule has 9 nitrogen and oxygen atoms in total. The van der Waals surface area contributed by atoms with Gasteiger partial charge in [-0.2, -0.15) is 0 Å². The summed E-state index contributed by atoms with van der Waals surface area (Å²) in [7, 11) is 3.31. The Kier molecular flexibility index (Phi) is 8.36. The van der Waals surface area contributed by atoms with Crippen LogP contribution in [0.1, 0.15) is 52.3 Å². The molecule has 30 heavy (non-hydrogen) atoms. The molecule has 2 heterocycles. The molecule has 0 atom stereocenters. The molecule has 1 aliphatic rings. The number of thiophene rings is 1. The number of hydrogen-bond donors (Lipinski definition) is 2. The lowest BCUT2D eigenvalue weighted by atomic mass is 10.0. The van der Waals surface area contributed by atoms with E-state index in [4.69, 9.17) is 4.74 Å². The monoisotopic (exact) mass is 438 g/mol. The molecule has 1 aromatic heterocycles. The Labute approximate surface area is 180 Å². The summed E-state index contributed by atoms with van der Waals surface area (Å²) in [4.78, 5) is 52.8. The van der Waals surface area contributed by atoms with Gasteiger partial charge in [0.25, 0.3) is 5.91 Å². The summed E-state index contributed by atoms with van der Waals surface area (Å²) in [6.45, 7) is 6.69. The number of rotatable bonds is 7. The third kappa shape index (κ3) is 5.57. The van der Waals surface area contributed by atoms with Crippen LogP contribution in [0, 0.1) is 6.92 Å². The van der Waals surface area contributed by atoms with E-state index in [0.29, 0.717) is 28.5 Å². The number of nitrogens with zero attached hydrogens (tertiary/aromatic N) is 2. The number of esters is 1. The topological polar surface area (TPSA) is 108 Å². The molecule has 1 fully saturated rings. The molecule has 3 amide bonds. The smallest absolute Gasteiger partial charge is 0.341 e. The zero-order chi connectivity index (χ0) is 22.4. The average molecular weight is 439 g/mol. The predicted octanol–water partition coefficient (Wildman–Crippen LogP) is 1.47. The fourth-order valence-electron chi connectivity index (χ4n) is 3.47. The van der Waals surface area contributed by atoms with Crippen molar-refractivity contribution < 1.29 is 23.9 Å².